The van der Waals surface area contributed by atoms with E-state index in [1.165, 1.54) is 30.6 Å². The summed E-state index contributed by atoms with van der Waals surface area (Å²) in [7, 11) is 0. The molecule has 27 heavy (non-hydrogen) atoms. The van der Waals surface area contributed by atoms with Gasteiger partial charge in [-0.15, -0.1) is 11.3 Å². The molecule has 1 saturated carbocycles. The lowest BCUT2D eigenvalue weighted by Gasteiger charge is -2.26. The van der Waals surface area contributed by atoms with Crippen molar-refractivity contribution in [2.75, 3.05) is 0 Å². The Labute approximate surface area is 171 Å². The van der Waals surface area contributed by atoms with Crippen molar-refractivity contribution >= 4 is 38.8 Å². The van der Waals surface area contributed by atoms with Crippen molar-refractivity contribution in [3.05, 3.63) is 56.5 Å². The van der Waals surface area contributed by atoms with Crippen LogP contribution in [0.2, 0.25) is 0 Å². The largest absolute Gasteiger partial charge is 0.452 e. The Kier molecular flexibility index (Phi) is 5.42. The average molecular weight is 443 g/mol. The molecule has 4 rings (SSSR count). The number of aromatic nitrogens is 1. The fourth-order valence-corrected chi connectivity index (χ4v) is 4.99. The molecule has 2 unspecified atom stereocenters. The lowest BCUT2D eigenvalue weighted by molar-refractivity contribution is -0.147. The molecule has 0 radical (unpaired) electrons. The number of carbonyl (C=O) groups is 1. The Morgan fingerprint density at radius 1 is 1.37 bits per heavy atom. The van der Waals surface area contributed by atoms with Crippen LogP contribution in [-0.2, 0) is 9.53 Å². The van der Waals surface area contributed by atoms with E-state index < -0.39 is 5.92 Å². The molecule has 1 fully saturated rings. The van der Waals surface area contributed by atoms with Crippen LogP contribution in [0.5, 0.6) is 0 Å². The molecule has 2 atom stereocenters. The topological polar surface area (TPSA) is 63.0 Å². The number of fused-ring (bicyclic) bond motifs is 1. The normalized spacial score (nSPS) is 25.9. The van der Waals surface area contributed by atoms with E-state index in [1.54, 1.807) is 0 Å². The first-order valence-electron chi connectivity index (χ1n) is 9.19. The smallest absolute Gasteiger partial charge is 0.319 e. The number of thiazole rings is 1. The third-order valence-corrected chi connectivity index (χ3v) is 6.55. The van der Waals surface area contributed by atoms with Crippen molar-refractivity contribution < 1.29 is 9.53 Å². The fraction of sp³-hybridized carbons (Fsp3) is 0.381. The number of carbonyl (C=O) groups excluding carboxylic acids is 1. The SMILES string of the molecule is N#C/C(=C\C1CCCCC1)c1nc(C2C=C3C=C(Br)C=CC3OC2=O)cs1. The summed E-state index contributed by atoms with van der Waals surface area (Å²) < 4.78 is 6.50. The fourth-order valence-electron chi connectivity index (χ4n) is 3.74. The minimum atomic E-state index is -0.529. The summed E-state index contributed by atoms with van der Waals surface area (Å²) in [5, 5.41) is 12.1. The summed E-state index contributed by atoms with van der Waals surface area (Å²) >= 11 is 4.88. The van der Waals surface area contributed by atoms with Crippen LogP contribution in [-0.4, -0.2) is 17.1 Å². The third kappa shape index (κ3) is 3.99. The summed E-state index contributed by atoms with van der Waals surface area (Å²) in [6, 6.07) is 2.30. The molecule has 1 aliphatic heterocycles. The maximum atomic E-state index is 12.4. The van der Waals surface area contributed by atoms with Crippen molar-refractivity contribution in [1.82, 2.24) is 4.98 Å². The van der Waals surface area contributed by atoms with Crippen LogP contribution in [0.4, 0.5) is 0 Å². The highest BCUT2D eigenvalue weighted by atomic mass is 79.9. The van der Waals surface area contributed by atoms with Crippen LogP contribution in [0.3, 0.4) is 0 Å². The molecule has 0 saturated heterocycles. The van der Waals surface area contributed by atoms with Crippen LogP contribution >= 0.6 is 27.3 Å². The Balaban J connectivity index is 1.59. The van der Waals surface area contributed by atoms with Crippen LogP contribution in [0.15, 0.2) is 45.8 Å². The Bertz CT molecular complexity index is 913. The summed E-state index contributed by atoms with van der Waals surface area (Å²) in [5.41, 5.74) is 2.22. The van der Waals surface area contributed by atoms with Crippen LogP contribution in [0.25, 0.3) is 5.57 Å². The van der Waals surface area contributed by atoms with Crippen LogP contribution < -0.4 is 0 Å². The molecule has 4 nitrogen and oxygen atoms in total. The maximum Gasteiger partial charge on any atom is 0.319 e. The van der Waals surface area contributed by atoms with Crippen molar-refractivity contribution in [1.29, 1.82) is 5.26 Å². The second kappa shape index (κ2) is 7.95. The molecular formula is C21H19BrN2O2S. The first-order chi connectivity index (χ1) is 13.1. The molecule has 0 bridgehead atoms. The molecule has 3 aliphatic rings. The van der Waals surface area contributed by atoms with E-state index in [1.807, 2.05) is 29.7 Å². The van der Waals surface area contributed by atoms with E-state index >= 15 is 0 Å². The van der Waals surface area contributed by atoms with E-state index in [0.717, 1.165) is 22.9 Å². The molecule has 1 aromatic rings. The van der Waals surface area contributed by atoms with Gasteiger partial charge < -0.3 is 4.74 Å². The molecule has 0 aromatic carbocycles. The quantitative estimate of drug-likeness (QED) is 0.463. The number of nitrogens with zero attached hydrogens (tertiary/aromatic N) is 2. The molecule has 2 heterocycles. The van der Waals surface area contributed by atoms with Gasteiger partial charge in [-0.3, -0.25) is 4.79 Å². The second-order valence-corrected chi connectivity index (χ2v) is 8.83. The highest BCUT2D eigenvalue weighted by molar-refractivity contribution is 9.11. The lowest BCUT2D eigenvalue weighted by Crippen LogP contribution is -2.28. The van der Waals surface area contributed by atoms with Crippen molar-refractivity contribution in [3.63, 3.8) is 0 Å². The summed E-state index contributed by atoms with van der Waals surface area (Å²) in [4.78, 5) is 17.1. The van der Waals surface area contributed by atoms with Crippen LogP contribution in [0.1, 0.15) is 48.7 Å². The minimum absolute atomic E-state index is 0.300. The Morgan fingerprint density at radius 2 is 2.19 bits per heavy atom. The Hall–Kier alpha value is -1.97. The number of allylic oxidation sites excluding steroid dienone is 4. The molecule has 0 spiro atoms. The van der Waals surface area contributed by atoms with Gasteiger partial charge in [0.15, 0.2) is 0 Å². The number of nitriles is 1. The van der Waals surface area contributed by atoms with Crippen molar-refractivity contribution in [2.24, 2.45) is 5.92 Å². The number of halogens is 1. The third-order valence-electron chi connectivity index (χ3n) is 5.16. The van der Waals surface area contributed by atoms with Gasteiger partial charge in [0.2, 0.25) is 0 Å². The predicted molar refractivity (Wildman–Crippen MR) is 109 cm³/mol. The molecule has 2 aliphatic carbocycles. The maximum absolute atomic E-state index is 12.4. The highest BCUT2D eigenvalue weighted by Crippen LogP contribution is 2.35. The molecule has 0 N–H and O–H groups in total. The minimum Gasteiger partial charge on any atom is -0.452 e. The highest BCUT2D eigenvalue weighted by Gasteiger charge is 2.32. The Morgan fingerprint density at radius 3 is 2.96 bits per heavy atom. The number of esters is 1. The van der Waals surface area contributed by atoms with Gasteiger partial charge in [-0.05, 0) is 42.6 Å². The van der Waals surface area contributed by atoms with Gasteiger partial charge >= 0.3 is 5.97 Å². The zero-order chi connectivity index (χ0) is 18.8. The standard InChI is InChI=1S/C21H19BrN2O2S/c22-16-6-7-19-14(9-16)10-17(21(25)26-19)18-12-27-20(24-18)15(11-23)8-13-4-2-1-3-5-13/h6-10,12-13,17,19H,1-5H2/b15-8+. The van der Waals surface area contributed by atoms with Gasteiger partial charge in [-0.1, -0.05) is 47.3 Å². The van der Waals surface area contributed by atoms with Gasteiger partial charge in [0.05, 0.1) is 11.3 Å². The predicted octanol–water partition coefficient (Wildman–Crippen LogP) is 5.41. The van der Waals surface area contributed by atoms with E-state index in [4.69, 9.17) is 4.74 Å². The summed E-state index contributed by atoms with van der Waals surface area (Å²) in [6.07, 6.45) is 15.4. The molecule has 1 aromatic heterocycles. The van der Waals surface area contributed by atoms with E-state index in [0.29, 0.717) is 22.2 Å². The number of ether oxygens (including phenoxy) is 1. The van der Waals surface area contributed by atoms with E-state index in [9.17, 15) is 10.1 Å². The number of rotatable bonds is 3. The van der Waals surface area contributed by atoms with E-state index in [-0.39, 0.29) is 12.1 Å². The van der Waals surface area contributed by atoms with Gasteiger partial charge in [0.1, 0.15) is 23.1 Å². The first-order valence-corrected chi connectivity index (χ1v) is 10.9. The van der Waals surface area contributed by atoms with Gasteiger partial charge in [0, 0.05) is 9.86 Å². The first kappa shape index (κ1) is 18.4. The van der Waals surface area contributed by atoms with E-state index in [2.05, 4.69) is 33.1 Å². The second-order valence-electron chi connectivity index (χ2n) is 7.06. The monoisotopic (exact) mass is 442 g/mol. The van der Waals surface area contributed by atoms with Crippen LogP contribution in [0, 0.1) is 17.2 Å². The van der Waals surface area contributed by atoms with Crippen molar-refractivity contribution in [3.8, 4) is 6.07 Å². The number of hydrogen-bond acceptors (Lipinski definition) is 5. The average Bonchev–Trinajstić information content (AvgIpc) is 3.16. The van der Waals surface area contributed by atoms with Gasteiger partial charge in [0.25, 0.3) is 0 Å². The zero-order valence-corrected chi connectivity index (χ0v) is 17.1. The molecule has 6 heteroatoms. The molecule has 138 valence electrons. The zero-order valence-electron chi connectivity index (χ0n) is 14.7. The summed E-state index contributed by atoms with van der Waals surface area (Å²) in [6.45, 7) is 0. The van der Waals surface area contributed by atoms with Gasteiger partial charge in [-0.25, -0.2) is 4.98 Å². The lowest BCUT2D eigenvalue weighted by atomic mass is 9.88. The molecule has 0 amide bonds. The van der Waals surface area contributed by atoms with Crippen molar-refractivity contribution in [2.45, 2.75) is 44.1 Å². The summed E-state index contributed by atoms with van der Waals surface area (Å²) in [5.74, 6) is -0.370. The molecular weight excluding hydrogens is 424 g/mol. The van der Waals surface area contributed by atoms with Gasteiger partial charge in [-0.2, -0.15) is 5.26 Å². The number of hydrogen-bond donors (Lipinski definition) is 0.